The molecule has 0 unspecified atom stereocenters. The Labute approximate surface area is 96.2 Å². The third-order valence-electron chi connectivity index (χ3n) is 2.19. The summed E-state index contributed by atoms with van der Waals surface area (Å²) in [5.41, 5.74) is 12.8. The summed E-state index contributed by atoms with van der Waals surface area (Å²) in [6.45, 7) is 10.6. The molecule has 88 valence electrons. The largest absolute Gasteiger partial charge is 0.394 e. The zero-order valence-electron chi connectivity index (χ0n) is 10.1. The second-order valence-electron chi connectivity index (χ2n) is 4.13. The molecular formula is C11H19N5. The normalized spacial score (nSPS) is 10.5. The molecule has 16 heavy (non-hydrogen) atoms. The monoisotopic (exact) mass is 221 g/mol. The topological polar surface area (TPSA) is 81.1 Å². The van der Waals surface area contributed by atoms with Crippen molar-refractivity contribution in [1.29, 1.82) is 0 Å². The molecule has 0 spiro atoms. The van der Waals surface area contributed by atoms with Crippen LogP contribution >= 0.6 is 0 Å². The van der Waals surface area contributed by atoms with E-state index in [4.69, 9.17) is 11.5 Å². The number of aryl methyl sites for hydroxylation is 1. The molecule has 5 heteroatoms. The summed E-state index contributed by atoms with van der Waals surface area (Å²) in [5, 5.41) is 0. The van der Waals surface area contributed by atoms with Crippen LogP contribution in [0.4, 0.5) is 17.5 Å². The number of hydrogen-bond donors (Lipinski definition) is 2. The molecule has 0 atom stereocenters. The summed E-state index contributed by atoms with van der Waals surface area (Å²) >= 11 is 0. The standard InChI is InChI=1S/C11H19N5/c1-5-16(6-7(2)3)10-9(12)8(4)14-11(13)15-10/h5,7H,1,6,12H2,2-4H3,(H2,13,14,15). The van der Waals surface area contributed by atoms with E-state index in [2.05, 4.69) is 30.4 Å². The van der Waals surface area contributed by atoms with Crippen LogP contribution in [0.5, 0.6) is 0 Å². The minimum atomic E-state index is 0.234. The minimum absolute atomic E-state index is 0.234. The lowest BCUT2D eigenvalue weighted by molar-refractivity contribution is 0.646. The zero-order valence-corrected chi connectivity index (χ0v) is 10.1. The van der Waals surface area contributed by atoms with Crippen molar-refractivity contribution in [1.82, 2.24) is 9.97 Å². The molecule has 1 aromatic heterocycles. The van der Waals surface area contributed by atoms with Crippen molar-refractivity contribution in [2.45, 2.75) is 20.8 Å². The zero-order chi connectivity index (χ0) is 12.3. The summed E-state index contributed by atoms with van der Waals surface area (Å²) in [6.07, 6.45) is 1.71. The van der Waals surface area contributed by atoms with Crippen LogP contribution in [0, 0.1) is 12.8 Å². The molecule has 0 fully saturated rings. The van der Waals surface area contributed by atoms with Crippen LogP contribution < -0.4 is 16.4 Å². The summed E-state index contributed by atoms with van der Waals surface area (Å²) in [4.78, 5) is 10.1. The van der Waals surface area contributed by atoms with Crippen molar-refractivity contribution in [2.24, 2.45) is 5.92 Å². The molecular weight excluding hydrogens is 202 g/mol. The van der Waals surface area contributed by atoms with E-state index in [0.717, 1.165) is 6.54 Å². The SMILES string of the molecule is C=CN(CC(C)C)c1nc(N)nc(C)c1N. The quantitative estimate of drug-likeness (QED) is 0.806. The van der Waals surface area contributed by atoms with Gasteiger partial charge in [0, 0.05) is 6.54 Å². The minimum Gasteiger partial charge on any atom is -0.394 e. The molecule has 0 bridgehead atoms. The number of nitrogens with zero attached hydrogens (tertiary/aromatic N) is 3. The number of anilines is 3. The molecule has 0 saturated heterocycles. The highest BCUT2D eigenvalue weighted by molar-refractivity contribution is 5.67. The second-order valence-corrected chi connectivity index (χ2v) is 4.13. The molecule has 0 saturated carbocycles. The average Bonchev–Trinajstić information content (AvgIpc) is 2.20. The van der Waals surface area contributed by atoms with E-state index >= 15 is 0 Å². The van der Waals surface area contributed by atoms with Crippen LogP contribution in [0.2, 0.25) is 0 Å². The summed E-state index contributed by atoms with van der Waals surface area (Å²) in [6, 6.07) is 0. The second kappa shape index (κ2) is 4.83. The highest BCUT2D eigenvalue weighted by Gasteiger charge is 2.13. The Bertz CT molecular complexity index is 386. The summed E-state index contributed by atoms with van der Waals surface area (Å²) < 4.78 is 0. The van der Waals surface area contributed by atoms with Gasteiger partial charge in [-0.05, 0) is 19.0 Å². The van der Waals surface area contributed by atoms with Gasteiger partial charge in [-0.3, -0.25) is 0 Å². The van der Waals surface area contributed by atoms with Gasteiger partial charge in [0.15, 0.2) is 5.82 Å². The smallest absolute Gasteiger partial charge is 0.222 e. The maximum atomic E-state index is 5.93. The fraction of sp³-hybridized carbons (Fsp3) is 0.455. The van der Waals surface area contributed by atoms with E-state index in [-0.39, 0.29) is 5.95 Å². The van der Waals surface area contributed by atoms with Gasteiger partial charge in [0.1, 0.15) is 0 Å². The Kier molecular flexibility index (Phi) is 3.71. The van der Waals surface area contributed by atoms with E-state index in [1.165, 1.54) is 0 Å². The number of rotatable bonds is 4. The number of nitrogen functional groups attached to an aromatic ring is 2. The molecule has 4 N–H and O–H groups in total. The lowest BCUT2D eigenvalue weighted by atomic mass is 10.2. The summed E-state index contributed by atoms with van der Waals surface area (Å²) in [7, 11) is 0. The van der Waals surface area contributed by atoms with Crippen LogP contribution in [0.1, 0.15) is 19.5 Å². The Balaban J connectivity index is 3.13. The maximum absolute atomic E-state index is 5.93. The molecule has 1 heterocycles. The van der Waals surface area contributed by atoms with Crippen molar-refractivity contribution in [3.63, 3.8) is 0 Å². The van der Waals surface area contributed by atoms with Crippen molar-refractivity contribution >= 4 is 17.5 Å². The fourth-order valence-corrected chi connectivity index (χ4v) is 1.45. The molecule has 0 radical (unpaired) electrons. The average molecular weight is 221 g/mol. The van der Waals surface area contributed by atoms with Crippen molar-refractivity contribution < 1.29 is 0 Å². The first-order chi connectivity index (χ1) is 7.45. The van der Waals surface area contributed by atoms with Gasteiger partial charge in [-0.15, -0.1) is 0 Å². The molecule has 0 aliphatic heterocycles. The van der Waals surface area contributed by atoms with Crippen LogP contribution in [-0.2, 0) is 0 Å². The highest BCUT2D eigenvalue weighted by Crippen LogP contribution is 2.24. The molecule has 1 rings (SSSR count). The number of aromatic nitrogens is 2. The van der Waals surface area contributed by atoms with Crippen LogP contribution in [0.3, 0.4) is 0 Å². The van der Waals surface area contributed by atoms with Gasteiger partial charge < -0.3 is 16.4 Å². The van der Waals surface area contributed by atoms with E-state index < -0.39 is 0 Å². The van der Waals surface area contributed by atoms with E-state index in [1.54, 1.807) is 6.20 Å². The van der Waals surface area contributed by atoms with E-state index in [9.17, 15) is 0 Å². The molecule has 1 aromatic rings. The van der Waals surface area contributed by atoms with Gasteiger partial charge in [0.05, 0.1) is 11.4 Å². The van der Waals surface area contributed by atoms with Gasteiger partial charge in [-0.2, -0.15) is 4.98 Å². The lowest BCUT2D eigenvalue weighted by Gasteiger charge is -2.23. The maximum Gasteiger partial charge on any atom is 0.222 e. The number of nitrogens with two attached hydrogens (primary N) is 2. The number of hydrogen-bond acceptors (Lipinski definition) is 5. The molecule has 0 aromatic carbocycles. The van der Waals surface area contributed by atoms with E-state index in [1.807, 2.05) is 11.8 Å². The van der Waals surface area contributed by atoms with Gasteiger partial charge >= 0.3 is 0 Å². The van der Waals surface area contributed by atoms with Gasteiger partial charge in [0.25, 0.3) is 0 Å². The highest BCUT2D eigenvalue weighted by atomic mass is 15.2. The fourth-order valence-electron chi connectivity index (χ4n) is 1.45. The van der Waals surface area contributed by atoms with Crippen LogP contribution in [0.25, 0.3) is 0 Å². The van der Waals surface area contributed by atoms with E-state index in [0.29, 0.717) is 23.1 Å². The van der Waals surface area contributed by atoms with Crippen LogP contribution in [-0.4, -0.2) is 16.5 Å². The molecule has 0 amide bonds. The third-order valence-corrected chi connectivity index (χ3v) is 2.19. The Morgan fingerprint density at radius 2 is 2.00 bits per heavy atom. The Morgan fingerprint density at radius 1 is 1.38 bits per heavy atom. The summed E-state index contributed by atoms with van der Waals surface area (Å²) in [5.74, 6) is 1.35. The van der Waals surface area contributed by atoms with Crippen molar-refractivity contribution in [3.05, 3.63) is 18.5 Å². The predicted molar refractivity (Wildman–Crippen MR) is 68.0 cm³/mol. The molecule has 0 aliphatic carbocycles. The first kappa shape index (κ1) is 12.3. The van der Waals surface area contributed by atoms with Crippen molar-refractivity contribution in [3.8, 4) is 0 Å². The third kappa shape index (κ3) is 2.62. The molecule has 5 nitrogen and oxygen atoms in total. The first-order valence-corrected chi connectivity index (χ1v) is 5.24. The Hall–Kier alpha value is -1.78. The lowest BCUT2D eigenvalue weighted by Crippen LogP contribution is -2.24. The predicted octanol–water partition coefficient (Wildman–Crippen LogP) is 1.56. The van der Waals surface area contributed by atoms with Crippen molar-refractivity contribution in [2.75, 3.05) is 22.9 Å². The molecule has 0 aliphatic rings. The van der Waals surface area contributed by atoms with Gasteiger partial charge in [-0.25, -0.2) is 4.98 Å². The Morgan fingerprint density at radius 3 is 2.50 bits per heavy atom. The van der Waals surface area contributed by atoms with Gasteiger partial charge in [0.2, 0.25) is 5.95 Å². The van der Waals surface area contributed by atoms with Crippen LogP contribution in [0.15, 0.2) is 12.8 Å². The first-order valence-electron chi connectivity index (χ1n) is 5.24. The van der Waals surface area contributed by atoms with Gasteiger partial charge in [-0.1, -0.05) is 20.4 Å².